The molecule has 0 fully saturated rings. The van der Waals surface area contributed by atoms with Crippen molar-refractivity contribution in [3.63, 3.8) is 0 Å². The van der Waals surface area contributed by atoms with E-state index in [9.17, 15) is 0 Å². The molecule has 0 bridgehead atoms. The second-order valence-electron chi connectivity index (χ2n) is 4.65. The fourth-order valence-corrected chi connectivity index (χ4v) is 3.37. The van der Waals surface area contributed by atoms with Crippen LogP contribution in [0.3, 0.4) is 0 Å². The summed E-state index contributed by atoms with van der Waals surface area (Å²) in [7, 11) is 1.68. The number of thiazole rings is 1. The molecule has 0 atom stereocenters. The van der Waals surface area contributed by atoms with Gasteiger partial charge >= 0.3 is 0 Å². The third-order valence-electron chi connectivity index (χ3n) is 3.43. The van der Waals surface area contributed by atoms with E-state index in [0.717, 1.165) is 34.1 Å². The predicted octanol–water partition coefficient (Wildman–Crippen LogP) is 2.88. The van der Waals surface area contributed by atoms with Crippen LogP contribution in [0.15, 0.2) is 29.6 Å². The highest BCUT2D eigenvalue weighted by atomic mass is 32.1. The summed E-state index contributed by atoms with van der Waals surface area (Å²) in [6, 6.07) is 8.10. The molecule has 2 aromatic heterocycles. The fraction of sp³-hybridized carbons (Fsp3) is 0.267. The maximum atomic E-state index is 5.72. The van der Waals surface area contributed by atoms with E-state index >= 15 is 0 Å². The zero-order valence-electron chi connectivity index (χ0n) is 11.6. The molecule has 104 valence electrons. The molecule has 0 amide bonds. The van der Waals surface area contributed by atoms with E-state index in [1.165, 1.54) is 5.69 Å². The Morgan fingerprint density at radius 3 is 2.70 bits per heavy atom. The number of aromatic nitrogens is 2. The highest BCUT2D eigenvalue weighted by Gasteiger charge is 2.14. The highest BCUT2D eigenvalue weighted by molar-refractivity contribution is 7.15. The Kier molecular flexibility index (Phi) is 3.46. The Morgan fingerprint density at radius 1 is 1.30 bits per heavy atom. The maximum Gasteiger partial charge on any atom is 0.194 e. The Hall–Kier alpha value is -1.85. The second-order valence-corrected chi connectivity index (χ2v) is 5.49. The number of hydrogen-bond acceptors (Lipinski definition) is 4. The number of hydrogen-bond donors (Lipinski definition) is 1. The van der Waals surface area contributed by atoms with Crippen LogP contribution in [0.2, 0.25) is 0 Å². The Bertz CT molecular complexity index is 727. The molecule has 0 unspecified atom stereocenters. The molecule has 4 nitrogen and oxygen atoms in total. The van der Waals surface area contributed by atoms with E-state index in [2.05, 4.69) is 26.9 Å². The summed E-state index contributed by atoms with van der Waals surface area (Å²) >= 11 is 1.66. The minimum atomic E-state index is 0.631. The second kappa shape index (κ2) is 5.26. The molecular formula is C15H17N3OS. The topological polar surface area (TPSA) is 52.5 Å². The summed E-state index contributed by atoms with van der Waals surface area (Å²) in [4.78, 5) is 5.64. The van der Waals surface area contributed by atoms with Crippen molar-refractivity contribution in [3.05, 3.63) is 41.0 Å². The lowest BCUT2D eigenvalue weighted by atomic mass is 10.1. The van der Waals surface area contributed by atoms with E-state index in [1.54, 1.807) is 18.4 Å². The molecule has 0 saturated heterocycles. The number of nitrogens with zero attached hydrogens (tertiary/aromatic N) is 2. The lowest BCUT2D eigenvalue weighted by Gasteiger charge is -2.06. The number of ether oxygens (including phenoxy) is 1. The summed E-state index contributed by atoms with van der Waals surface area (Å²) < 4.78 is 7.42. The van der Waals surface area contributed by atoms with Gasteiger partial charge in [-0.1, -0.05) is 0 Å². The van der Waals surface area contributed by atoms with Crippen molar-refractivity contribution in [2.45, 2.75) is 13.3 Å². The van der Waals surface area contributed by atoms with E-state index in [1.807, 2.05) is 19.1 Å². The molecule has 0 radical (unpaired) electrons. The summed E-state index contributed by atoms with van der Waals surface area (Å²) in [5.74, 6) is 0.865. The largest absolute Gasteiger partial charge is 0.497 e. The maximum absolute atomic E-state index is 5.72. The SMILES string of the molecule is COc1ccc(-c2csc3nc(C)c(CCN)n23)cc1. The number of aryl methyl sites for hydroxylation is 1. The monoisotopic (exact) mass is 287 g/mol. The third kappa shape index (κ3) is 2.09. The molecule has 3 rings (SSSR count). The Labute approximate surface area is 121 Å². The molecule has 20 heavy (non-hydrogen) atoms. The van der Waals surface area contributed by atoms with Gasteiger partial charge < -0.3 is 10.5 Å². The van der Waals surface area contributed by atoms with Gasteiger partial charge in [-0.3, -0.25) is 4.40 Å². The average molecular weight is 287 g/mol. The molecule has 0 aliphatic heterocycles. The fourth-order valence-electron chi connectivity index (χ4n) is 2.41. The van der Waals surface area contributed by atoms with Crippen LogP contribution in [0.1, 0.15) is 11.4 Å². The van der Waals surface area contributed by atoms with Gasteiger partial charge in [0.1, 0.15) is 5.75 Å². The van der Waals surface area contributed by atoms with Crippen LogP contribution < -0.4 is 10.5 Å². The molecule has 5 heteroatoms. The summed E-state index contributed by atoms with van der Waals surface area (Å²) in [6.07, 6.45) is 0.840. The van der Waals surface area contributed by atoms with Crippen LogP contribution in [0, 0.1) is 6.92 Å². The number of nitrogens with two attached hydrogens (primary N) is 1. The first-order valence-electron chi connectivity index (χ1n) is 6.54. The molecule has 1 aromatic carbocycles. The van der Waals surface area contributed by atoms with E-state index < -0.39 is 0 Å². The zero-order chi connectivity index (χ0) is 14.1. The van der Waals surface area contributed by atoms with E-state index in [-0.39, 0.29) is 0 Å². The van der Waals surface area contributed by atoms with Gasteiger partial charge in [0.05, 0.1) is 18.5 Å². The van der Waals surface area contributed by atoms with E-state index in [0.29, 0.717) is 6.54 Å². The number of benzene rings is 1. The number of rotatable bonds is 4. The van der Waals surface area contributed by atoms with Gasteiger partial charge in [0.15, 0.2) is 4.96 Å². The van der Waals surface area contributed by atoms with E-state index in [4.69, 9.17) is 10.5 Å². The van der Waals surface area contributed by atoms with Crippen molar-refractivity contribution in [1.29, 1.82) is 0 Å². The predicted molar refractivity (Wildman–Crippen MR) is 82.6 cm³/mol. The number of imidazole rings is 1. The molecule has 0 aliphatic rings. The van der Waals surface area contributed by atoms with Crippen LogP contribution in [-0.4, -0.2) is 23.0 Å². The number of methoxy groups -OCH3 is 1. The lowest BCUT2D eigenvalue weighted by molar-refractivity contribution is 0.415. The normalized spacial score (nSPS) is 11.2. The summed E-state index contributed by atoms with van der Waals surface area (Å²) in [5.41, 5.74) is 10.3. The van der Waals surface area contributed by atoms with Gasteiger partial charge in [0, 0.05) is 17.5 Å². The summed E-state index contributed by atoms with van der Waals surface area (Å²) in [5, 5.41) is 2.14. The molecule has 0 saturated carbocycles. The van der Waals surface area contributed by atoms with Crippen LogP contribution >= 0.6 is 11.3 Å². The van der Waals surface area contributed by atoms with Crippen molar-refractivity contribution in [2.24, 2.45) is 5.73 Å². The first kappa shape index (κ1) is 13.1. The van der Waals surface area contributed by atoms with Crippen molar-refractivity contribution in [1.82, 2.24) is 9.38 Å². The molecular weight excluding hydrogens is 270 g/mol. The van der Waals surface area contributed by atoms with Gasteiger partial charge in [-0.15, -0.1) is 11.3 Å². The molecule has 3 aromatic rings. The van der Waals surface area contributed by atoms with Gasteiger partial charge in [-0.25, -0.2) is 4.98 Å². The smallest absolute Gasteiger partial charge is 0.194 e. The lowest BCUT2D eigenvalue weighted by Crippen LogP contribution is -2.06. The summed E-state index contributed by atoms with van der Waals surface area (Å²) in [6.45, 7) is 2.68. The Morgan fingerprint density at radius 2 is 2.05 bits per heavy atom. The van der Waals surface area contributed by atoms with Crippen LogP contribution in [0.4, 0.5) is 0 Å². The molecule has 2 heterocycles. The molecule has 0 aliphatic carbocycles. The standard InChI is InChI=1S/C15H17N3OS/c1-10-13(7-8-16)18-14(9-20-15(18)17-10)11-3-5-12(19-2)6-4-11/h3-6,9H,7-8,16H2,1-2H3. The van der Waals surface area contributed by atoms with Gasteiger partial charge in [-0.2, -0.15) is 0 Å². The van der Waals surface area contributed by atoms with Crippen LogP contribution in [0.5, 0.6) is 5.75 Å². The zero-order valence-corrected chi connectivity index (χ0v) is 12.4. The van der Waals surface area contributed by atoms with Gasteiger partial charge in [-0.05, 0) is 43.3 Å². The molecule has 0 spiro atoms. The minimum absolute atomic E-state index is 0.631. The third-order valence-corrected chi connectivity index (χ3v) is 4.25. The van der Waals surface area contributed by atoms with Crippen molar-refractivity contribution in [3.8, 4) is 17.0 Å². The van der Waals surface area contributed by atoms with Gasteiger partial charge in [0.2, 0.25) is 0 Å². The number of fused-ring (bicyclic) bond motifs is 1. The highest BCUT2D eigenvalue weighted by Crippen LogP contribution is 2.30. The van der Waals surface area contributed by atoms with Crippen molar-refractivity contribution < 1.29 is 4.74 Å². The first-order valence-corrected chi connectivity index (χ1v) is 7.42. The minimum Gasteiger partial charge on any atom is -0.497 e. The van der Waals surface area contributed by atoms with Crippen LogP contribution in [0.25, 0.3) is 16.2 Å². The molecule has 2 N–H and O–H groups in total. The van der Waals surface area contributed by atoms with Crippen LogP contribution in [-0.2, 0) is 6.42 Å². The van der Waals surface area contributed by atoms with Gasteiger partial charge in [0.25, 0.3) is 0 Å². The average Bonchev–Trinajstić information content (AvgIpc) is 3.00. The van der Waals surface area contributed by atoms with Crippen molar-refractivity contribution >= 4 is 16.3 Å². The van der Waals surface area contributed by atoms with Crippen molar-refractivity contribution in [2.75, 3.05) is 13.7 Å². The quantitative estimate of drug-likeness (QED) is 0.802. The Balaban J connectivity index is 2.14. The first-order chi connectivity index (χ1) is 9.74.